The van der Waals surface area contributed by atoms with Crippen LogP contribution in [0.1, 0.15) is 11.1 Å². The average molecular weight is 499 g/mol. The van der Waals surface area contributed by atoms with Crippen LogP contribution >= 0.6 is 0 Å². The van der Waals surface area contributed by atoms with E-state index >= 15 is 0 Å². The van der Waals surface area contributed by atoms with Crippen molar-refractivity contribution in [1.82, 2.24) is 0 Å². The van der Waals surface area contributed by atoms with E-state index in [1.807, 2.05) is 111 Å². The van der Waals surface area contributed by atoms with Gasteiger partial charge in [0.2, 0.25) is 0 Å². The van der Waals surface area contributed by atoms with Crippen LogP contribution in [0.3, 0.4) is 0 Å². The minimum Gasteiger partial charge on any atom is -0.362 e. The lowest BCUT2D eigenvalue weighted by Gasteiger charge is -2.05. The van der Waals surface area contributed by atoms with E-state index in [1.54, 1.807) is 18.5 Å². The zero-order valence-electron chi connectivity index (χ0n) is 19.5. The molecule has 1 N–H and O–H groups in total. The molecule has 4 nitrogen and oxygen atoms in total. The predicted octanol–water partition coefficient (Wildman–Crippen LogP) is 6.96. The zero-order valence-corrected chi connectivity index (χ0v) is 21.2. The number of aryl methyl sites for hydroxylation is 2. The Morgan fingerprint density at radius 1 is 0.600 bits per heavy atom. The molecule has 0 bridgehead atoms. The summed E-state index contributed by atoms with van der Waals surface area (Å²) < 4.78 is 25.4. The fourth-order valence-corrected chi connectivity index (χ4v) is 5.32. The Bertz CT molecular complexity index is 1380. The first kappa shape index (κ1) is 24.5. The number of nitrogens with one attached hydrogen (secondary N) is 1. The lowest BCUT2D eigenvalue weighted by molar-refractivity contribution is 0.682. The van der Waals surface area contributed by atoms with Crippen molar-refractivity contribution in [3.63, 3.8) is 0 Å². The third-order valence-corrected chi connectivity index (χ3v) is 8.05. The molecule has 35 heavy (non-hydrogen) atoms. The van der Waals surface area contributed by atoms with Gasteiger partial charge in [-0.3, -0.25) is 4.99 Å². The van der Waals surface area contributed by atoms with E-state index in [2.05, 4.69) is 10.3 Å². The molecule has 2 atom stereocenters. The fourth-order valence-electron chi connectivity index (χ4n) is 3.24. The zero-order chi connectivity index (χ0) is 24.6. The summed E-state index contributed by atoms with van der Waals surface area (Å²) >= 11 is 0. The van der Waals surface area contributed by atoms with Crippen LogP contribution in [-0.2, 0) is 21.6 Å². The van der Waals surface area contributed by atoms with Crippen LogP contribution in [0, 0.1) is 13.8 Å². The Labute approximate surface area is 211 Å². The van der Waals surface area contributed by atoms with Crippen molar-refractivity contribution in [3.8, 4) is 0 Å². The normalized spacial score (nSPS) is 13.2. The summed E-state index contributed by atoms with van der Waals surface area (Å²) in [6.45, 7) is 4.02. The van der Waals surface area contributed by atoms with E-state index in [-0.39, 0.29) is 0 Å². The van der Waals surface area contributed by atoms with Crippen LogP contribution in [0.25, 0.3) is 0 Å². The first-order valence-corrected chi connectivity index (χ1v) is 13.4. The van der Waals surface area contributed by atoms with E-state index in [0.717, 1.165) is 42.1 Å². The summed E-state index contributed by atoms with van der Waals surface area (Å²) in [6, 6.07) is 30.4. The van der Waals surface area contributed by atoms with Gasteiger partial charge in [-0.2, -0.15) is 0 Å². The Kier molecular flexibility index (Phi) is 8.19. The molecule has 176 valence electrons. The van der Waals surface area contributed by atoms with Crippen LogP contribution in [-0.4, -0.2) is 14.6 Å². The van der Waals surface area contributed by atoms with Gasteiger partial charge in [0.25, 0.3) is 0 Å². The lowest BCUT2D eigenvalue weighted by Crippen LogP contribution is -1.94. The van der Waals surface area contributed by atoms with Gasteiger partial charge in [-0.15, -0.1) is 0 Å². The Morgan fingerprint density at radius 2 is 1.00 bits per heavy atom. The minimum absolute atomic E-state index is 0.747. The van der Waals surface area contributed by atoms with E-state index < -0.39 is 21.6 Å². The Balaban J connectivity index is 1.30. The fraction of sp³-hybridized carbons (Fsp3) is 0.0690. The highest BCUT2D eigenvalue weighted by Gasteiger charge is 2.07. The van der Waals surface area contributed by atoms with Crippen molar-refractivity contribution in [3.05, 3.63) is 120 Å². The number of rotatable bonds is 8. The molecule has 0 spiro atoms. The van der Waals surface area contributed by atoms with Crippen LogP contribution < -0.4 is 5.32 Å². The van der Waals surface area contributed by atoms with Gasteiger partial charge in [0.15, 0.2) is 0 Å². The van der Waals surface area contributed by atoms with Gasteiger partial charge in [-0.1, -0.05) is 35.4 Å². The van der Waals surface area contributed by atoms with Crippen molar-refractivity contribution in [2.75, 3.05) is 5.32 Å². The molecule has 4 aromatic rings. The van der Waals surface area contributed by atoms with Crippen molar-refractivity contribution in [1.29, 1.82) is 0 Å². The number of allylic oxidation sites excluding steroid dienone is 1. The van der Waals surface area contributed by atoms with Crippen LogP contribution in [0.2, 0.25) is 0 Å². The molecule has 4 rings (SSSR count). The molecule has 4 aromatic carbocycles. The first-order chi connectivity index (χ1) is 17.0. The second-order valence-electron chi connectivity index (χ2n) is 7.96. The third-order valence-electron chi connectivity index (χ3n) is 5.25. The van der Waals surface area contributed by atoms with Gasteiger partial charge in [0, 0.05) is 37.7 Å². The summed E-state index contributed by atoms with van der Waals surface area (Å²) in [7, 11) is -2.40. The van der Waals surface area contributed by atoms with Gasteiger partial charge in [0.05, 0.1) is 27.3 Å². The first-order valence-electron chi connectivity index (χ1n) is 11.1. The highest BCUT2D eigenvalue weighted by molar-refractivity contribution is 7.85. The van der Waals surface area contributed by atoms with Crippen LogP contribution in [0.15, 0.2) is 134 Å². The molecule has 2 unspecified atom stereocenters. The van der Waals surface area contributed by atoms with Crippen molar-refractivity contribution >= 4 is 39.2 Å². The molecule has 0 saturated carbocycles. The summed E-state index contributed by atoms with van der Waals surface area (Å²) in [5.41, 5.74) is 3.96. The molecular weight excluding hydrogens is 472 g/mol. The number of anilines is 1. The third kappa shape index (κ3) is 6.72. The number of nitrogens with zero attached hydrogens (tertiary/aromatic N) is 1. The molecule has 0 fully saturated rings. The molecule has 0 aliphatic rings. The largest absolute Gasteiger partial charge is 0.362 e. The maximum Gasteiger partial charge on any atom is 0.0849 e. The van der Waals surface area contributed by atoms with E-state index in [4.69, 9.17) is 0 Å². The quantitative estimate of drug-likeness (QED) is 0.267. The molecule has 6 heteroatoms. The second kappa shape index (κ2) is 11.7. The molecule has 0 aromatic heterocycles. The van der Waals surface area contributed by atoms with Gasteiger partial charge < -0.3 is 5.32 Å². The maximum absolute atomic E-state index is 12.7. The molecule has 0 amide bonds. The maximum atomic E-state index is 12.7. The predicted molar refractivity (Wildman–Crippen MR) is 146 cm³/mol. The molecule has 0 saturated heterocycles. The molecule has 0 aliphatic carbocycles. The topological polar surface area (TPSA) is 58.5 Å². The minimum atomic E-state index is -1.21. The molecule has 0 radical (unpaired) electrons. The standard InChI is InChI=1S/C29H26N2O2S2/c1-22-4-12-26(13-5-22)34(32)28-16-8-24(9-17-28)30-20-3-21-31-25-10-18-29(19-11-25)35(33)27-14-6-23(2)7-15-27/h3-21,30H,1-2H3/b20-3+,31-21?. The summed E-state index contributed by atoms with van der Waals surface area (Å²) in [5.74, 6) is 0. The summed E-state index contributed by atoms with van der Waals surface area (Å²) in [4.78, 5) is 7.50. The van der Waals surface area contributed by atoms with Crippen molar-refractivity contribution in [2.24, 2.45) is 4.99 Å². The number of benzene rings is 4. The number of hydrogen-bond acceptors (Lipinski definition) is 4. The van der Waals surface area contributed by atoms with Gasteiger partial charge >= 0.3 is 0 Å². The SMILES string of the molecule is Cc1ccc(S(=O)c2ccc(N=C/C=C/Nc3ccc(S(=O)c4ccc(C)cc4)cc3)cc2)cc1. The van der Waals surface area contributed by atoms with Crippen LogP contribution in [0.5, 0.6) is 0 Å². The lowest BCUT2D eigenvalue weighted by atomic mass is 10.2. The smallest absolute Gasteiger partial charge is 0.0849 e. The highest BCUT2D eigenvalue weighted by Crippen LogP contribution is 2.21. The monoisotopic (exact) mass is 498 g/mol. The summed E-state index contributed by atoms with van der Waals surface area (Å²) in [5, 5.41) is 3.18. The summed E-state index contributed by atoms with van der Waals surface area (Å²) in [6.07, 6.45) is 5.28. The number of aliphatic imine (C=N–C) groups is 1. The van der Waals surface area contributed by atoms with Crippen LogP contribution in [0.4, 0.5) is 11.4 Å². The van der Waals surface area contributed by atoms with Gasteiger partial charge in [-0.25, -0.2) is 8.42 Å². The molecular formula is C29H26N2O2S2. The van der Waals surface area contributed by atoms with Gasteiger partial charge in [0.1, 0.15) is 0 Å². The Hall–Kier alpha value is -3.61. The average Bonchev–Trinajstić information content (AvgIpc) is 2.89. The van der Waals surface area contributed by atoms with E-state index in [0.29, 0.717) is 0 Å². The van der Waals surface area contributed by atoms with Gasteiger partial charge in [-0.05, 0) is 92.7 Å². The Morgan fingerprint density at radius 3 is 1.46 bits per heavy atom. The molecule has 0 aliphatic heterocycles. The van der Waals surface area contributed by atoms with E-state index in [1.165, 1.54) is 0 Å². The van der Waals surface area contributed by atoms with Crippen molar-refractivity contribution in [2.45, 2.75) is 33.4 Å². The van der Waals surface area contributed by atoms with Crippen molar-refractivity contribution < 1.29 is 8.42 Å². The highest BCUT2D eigenvalue weighted by atomic mass is 32.2. The van der Waals surface area contributed by atoms with E-state index in [9.17, 15) is 8.42 Å². The second-order valence-corrected chi connectivity index (χ2v) is 10.9. The number of hydrogen-bond donors (Lipinski definition) is 1. The molecule has 0 heterocycles.